The first kappa shape index (κ1) is 19.0. The van der Waals surface area contributed by atoms with Crippen LogP contribution in [0.3, 0.4) is 0 Å². The lowest BCUT2D eigenvalue weighted by atomic mass is 10.1. The number of amides is 2. The molecule has 27 heavy (non-hydrogen) atoms. The Morgan fingerprint density at radius 3 is 2.63 bits per heavy atom. The second-order valence-corrected chi connectivity index (χ2v) is 6.82. The molecule has 0 aromatic heterocycles. The van der Waals surface area contributed by atoms with E-state index in [9.17, 15) is 9.59 Å². The van der Waals surface area contributed by atoms with E-state index in [1.54, 1.807) is 37.4 Å². The summed E-state index contributed by atoms with van der Waals surface area (Å²) in [5.74, 6) is 0.804. The summed E-state index contributed by atoms with van der Waals surface area (Å²) in [7, 11) is 1.70. The summed E-state index contributed by atoms with van der Waals surface area (Å²) >= 11 is 0. The van der Waals surface area contributed by atoms with Gasteiger partial charge in [-0.25, -0.2) is 0 Å². The van der Waals surface area contributed by atoms with Crippen molar-refractivity contribution in [2.75, 3.05) is 18.5 Å². The number of carbonyl (C=O) groups is 2. The number of benzene rings is 2. The molecule has 0 unspecified atom stereocenters. The molecule has 0 saturated heterocycles. The first-order chi connectivity index (χ1) is 13.1. The van der Waals surface area contributed by atoms with Crippen LogP contribution < -0.4 is 15.0 Å². The van der Waals surface area contributed by atoms with Gasteiger partial charge in [-0.2, -0.15) is 0 Å². The third kappa shape index (κ3) is 4.30. The molecule has 5 nitrogen and oxygen atoms in total. The highest BCUT2D eigenvalue weighted by molar-refractivity contribution is 6.10. The highest BCUT2D eigenvalue weighted by Crippen LogP contribution is 2.38. The molecule has 0 aliphatic carbocycles. The molecule has 1 aliphatic rings. The summed E-state index contributed by atoms with van der Waals surface area (Å²) < 4.78 is 5.92. The van der Waals surface area contributed by atoms with Crippen LogP contribution in [0.15, 0.2) is 42.5 Å². The zero-order valence-corrected chi connectivity index (χ0v) is 16.0. The lowest BCUT2D eigenvalue weighted by molar-refractivity contribution is 0.0950. The van der Waals surface area contributed by atoms with E-state index in [2.05, 4.69) is 12.2 Å². The van der Waals surface area contributed by atoms with Gasteiger partial charge in [0.25, 0.3) is 11.8 Å². The number of carbonyl (C=O) groups excluding carboxylic acids is 2. The third-order valence-electron chi connectivity index (χ3n) is 4.79. The van der Waals surface area contributed by atoms with Gasteiger partial charge in [0.1, 0.15) is 5.75 Å². The van der Waals surface area contributed by atoms with Gasteiger partial charge >= 0.3 is 0 Å². The lowest BCUT2D eigenvalue weighted by Crippen LogP contribution is -2.27. The average molecular weight is 366 g/mol. The van der Waals surface area contributed by atoms with Crippen molar-refractivity contribution in [3.8, 4) is 11.5 Å². The topological polar surface area (TPSA) is 58.6 Å². The number of fused-ring (bicyclic) bond motifs is 2. The Hall–Kier alpha value is -2.82. The fourth-order valence-electron chi connectivity index (χ4n) is 3.18. The SMILES string of the molecule is CCCCCCCNC(=O)c1ccc2c(c1)N(C)C(=O)c1ccccc1O2. The Morgan fingerprint density at radius 1 is 1.04 bits per heavy atom. The summed E-state index contributed by atoms with van der Waals surface area (Å²) in [6.45, 7) is 2.85. The first-order valence-electron chi connectivity index (χ1n) is 9.59. The molecule has 0 atom stereocenters. The summed E-state index contributed by atoms with van der Waals surface area (Å²) in [4.78, 5) is 26.7. The smallest absolute Gasteiger partial charge is 0.261 e. The number of nitrogens with one attached hydrogen (secondary N) is 1. The number of ether oxygens (including phenoxy) is 1. The van der Waals surface area contributed by atoms with Crippen molar-refractivity contribution in [2.45, 2.75) is 39.0 Å². The Bertz CT molecular complexity index is 832. The normalized spacial score (nSPS) is 12.7. The summed E-state index contributed by atoms with van der Waals surface area (Å²) in [5.41, 5.74) is 1.62. The Morgan fingerprint density at radius 2 is 1.81 bits per heavy atom. The van der Waals surface area contributed by atoms with Gasteiger partial charge in [-0.05, 0) is 36.8 Å². The van der Waals surface area contributed by atoms with E-state index in [0.717, 1.165) is 12.8 Å². The van der Waals surface area contributed by atoms with Gasteiger partial charge in [0, 0.05) is 19.2 Å². The maximum atomic E-state index is 12.7. The van der Waals surface area contributed by atoms with E-state index in [4.69, 9.17) is 4.74 Å². The standard InChI is InChI=1S/C22H26N2O3/c1-3-4-5-6-9-14-23-21(25)16-12-13-20-18(15-16)24(2)22(26)17-10-7-8-11-19(17)27-20/h7-8,10-13,15H,3-6,9,14H2,1-2H3,(H,23,25). The molecule has 1 N–H and O–H groups in total. The van der Waals surface area contributed by atoms with Crippen LogP contribution in [0.5, 0.6) is 11.5 Å². The van der Waals surface area contributed by atoms with Crippen LogP contribution in [0.1, 0.15) is 59.7 Å². The monoisotopic (exact) mass is 366 g/mol. The van der Waals surface area contributed by atoms with E-state index in [-0.39, 0.29) is 11.8 Å². The van der Waals surface area contributed by atoms with Crippen molar-refractivity contribution >= 4 is 17.5 Å². The molecule has 0 radical (unpaired) electrons. The Balaban J connectivity index is 1.71. The molecule has 0 fully saturated rings. The van der Waals surface area contributed by atoms with Gasteiger partial charge in [0.05, 0.1) is 11.3 Å². The molecule has 2 amide bonds. The predicted octanol–water partition coefficient (Wildman–Crippen LogP) is 4.77. The molecule has 2 aromatic carbocycles. The molecule has 3 rings (SSSR count). The number of hydrogen-bond acceptors (Lipinski definition) is 3. The first-order valence-corrected chi connectivity index (χ1v) is 9.59. The van der Waals surface area contributed by atoms with Crippen LogP contribution in [0.25, 0.3) is 0 Å². The van der Waals surface area contributed by atoms with Gasteiger partial charge in [0.2, 0.25) is 0 Å². The van der Waals surface area contributed by atoms with Crippen LogP contribution in [0.4, 0.5) is 5.69 Å². The fraction of sp³-hybridized carbons (Fsp3) is 0.364. The molecule has 0 saturated carbocycles. The van der Waals surface area contributed by atoms with Crippen molar-refractivity contribution in [2.24, 2.45) is 0 Å². The van der Waals surface area contributed by atoms with Gasteiger partial charge in [-0.15, -0.1) is 0 Å². The largest absolute Gasteiger partial charge is 0.454 e. The minimum Gasteiger partial charge on any atom is -0.454 e. The zero-order chi connectivity index (χ0) is 19.2. The number of nitrogens with zero attached hydrogens (tertiary/aromatic N) is 1. The van der Waals surface area contributed by atoms with Gasteiger partial charge < -0.3 is 15.0 Å². The molecule has 0 spiro atoms. The summed E-state index contributed by atoms with van der Waals surface area (Å²) in [6.07, 6.45) is 5.76. The molecule has 0 bridgehead atoms. The molecule has 1 aliphatic heterocycles. The van der Waals surface area contributed by atoms with Gasteiger partial charge in [0.15, 0.2) is 5.75 Å². The Labute approximate surface area is 160 Å². The Kier molecular flexibility index (Phi) is 6.12. The van der Waals surface area contributed by atoms with Crippen molar-refractivity contribution in [3.05, 3.63) is 53.6 Å². The molecule has 142 valence electrons. The number of rotatable bonds is 7. The second-order valence-electron chi connectivity index (χ2n) is 6.82. The number of anilines is 1. The fourth-order valence-corrected chi connectivity index (χ4v) is 3.18. The van der Waals surface area contributed by atoms with Crippen molar-refractivity contribution in [3.63, 3.8) is 0 Å². The van der Waals surface area contributed by atoms with Gasteiger partial charge in [-0.1, -0.05) is 44.7 Å². The van der Waals surface area contributed by atoms with Crippen molar-refractivity contribution in [1.82, 2.24) is 5.32 Å². The second kappa shape index (κ2) is 8.71. The highest BCUT2D eigenvalue weighted by atomic mass is 16.5. The van der Waals surface area contributed by atoms with Crippen LogP contribution in [0.2, 0.25) is 0 Å². The third-order valence-corrected chi connectivity index (χ3v) is 4.79. The maximum Gasteiger partial charge on any atom is 0.261 e. The quantitative estimate of drug-likeness (QED) is 0.718. The minimum atomic E-state index is -0.155. The van der Waals surface area contributed by atoms with Crippen molar-refractivity contribution < 1.29 is 14.3 Å². The van der Waals surface area contributed by atoms with E-state index >= 15 is 0 Å². The molecule has 5 heteroatoms. The van der Waals surface area contributed by atoms with E-state index in [1.165, 1.54) is 24.2 Å². The minimum absolute atomic E-state index is 0.129. The molecule has 2 aromatic rings. The molecule has 1 heterocycles. The van der Waals surface area contributed by atoms with E-state index in [0.29, 0.717) is 34.9 Å². The zero-order valence-electron chi connectivity index (χ0n) is 16.0. The van der Waals surface area contributed by atoms with Crippen LogP contribution in [0, 0.1) is 0 Å². The highest BCUT2D eigenvalue weighted by Gasteiger charge is 2.26. The van der Waals surface area contributed by atoms with Crippen LogP contribution >= 0.6 is 0 Å². The maximum absolute atomic E-state index is 12.7. The number of unbranched alkanes of at least 4 members (excludes halogenated alkanes) is 4. The lowest BCUT2D eigenvalue weighted by Gasteiger charge is -2.17. The van der Waals surface area contributed by atoms with E-state index < -0.39 is 0 Å². The van der Waals surface area contributed by atoms with Crippen LogP contribution in [-0.4, -0.2) is 25.4 Å². The predicted molar refractivity (Wildman–Crippen MR) is 107 cm³/mol. The molecular formula is C22H26N2O3. The van der Waals surface area contributed by atoms with Crippen molar-refractivity contribution in [1.29, 1.82) is 0 Å². The van der Waals surface area contributed by atoms with Crippen LogP contribution in [-0.2, 0) is 0 Å². The average Bonchev–Trinajstić information content (AvgIpc) is 2.79. The molecular weight excluding hydrogens is 340 g/mol. The summed E-state index contributed by atoms with van der Waals surface area (Å²) in [5, 5.41) is 2.96. The number of para-hydroxylation sites is 1. The number of hydrogen-bond donors (Lipinski definition) is 1. The summed E-state index contributed by atoms with van der Waals surface area (Å²) in [6, 6.07) is 12.4. The van der Waals surface area contributed by atoms with E-state index in [1.807, 2.05) is 12.1 Å². The van der Waals surface area contributed by atoms with Gasteiger partial charge in [-0.3, -0.25) is 9.59 Å².